The minimum Gasteiger partial charge on any atom is -0.323 e. The molecule has 1 amide bonds. The summed E-state index contributed by atoms with van der Waals surface area (Å²) in [6.45, 7) is 1.85. The monoisotopic (exact) mass is 295 g/mol. The largest absolute Gasteiger partial charge is 0.323 e. The van der Waals surface area contributed by atoms with Gasteiger partial charge >= 0.3 is 0 Å². The van der Waals surface area contributed by atoms with Gasteiger partial charge in [0.15, 0.2) is 0 Å². The minimum absolute atomic E-state index is 0.181. The highest BCUT2D eigenvalue weighted by atomic mass is 79.9. The maximum Gasteiger partial charge on any atom is 0.235 e. The van der Waals surface area contributed by atoms with Crippen LogP contribution in [-0.4, -0.2) is 11.2 Å². The number of alkyl halides is 1. The van der Waals surface area contributed by atoms with Crippen LogP contribution in [0.25, 0.3) is 0 Å². The molecule has 0 fully saturated rings. The SMILES string of the molecule is Cc1ccc(Cl)c(NC(=O)CBr)c1Cl. The fraction of sp³-hybridized carbons (Fsp3) is 0.222. The molecule has 2 nitrogen and oxygen atoms in total. The fourth-order valence-electron chi connectivity index (χ4n) is 0.944. The summed E-state index contributed by atoms with van der Waals surface area (Å²) in [5, 5.41) is 3.75. The Labute approximate surface area is 101 Å². The summed E-state index contributed by atoms with van der Waals surface area (Å²) in [5.41, 5.74) is 1.35. The van der Waals surface area contributed by atoms with Gasteiger partial charge in [-0.25, -0.2) is 0 Å². The number of carbonyl (C=O) groups is 1. The molecule has 0 radical (unpaired) electrons. The highest BCUT2D eigenvalue weighted by Crippen LogP contribution is 2.32. The van der Waals surface area contributed by atoms with Gasteiger partial charge in [0, 0.05) is 0 Å². The Morgan fingerprint density at radius 1 is 1.50 bits per heavy atom. The van der Waals surface area contributed by atoms with Crippen LogP contribution in [0.5, 0.6) is 0 Å². The van der Waals surface area contributed by atoms with Crippen molar-refractivity contribution >= 4 is 50.7 Å². The van der Waals surface area contributed by atoms with Crippen molar-refractivity contribution in [2.75, 3.05) is 10.6 Å². The van der Waals surface area contributed by atoms with E-state index < -0.39 is 0 Å². The summed E-state index contributed by atoms with van der Waals surface area (Å²) in [4.78, 5) is 11.1. The molecule has 14 heavy (non-hydrogen) atoms. The quantitative estimate of drug-likeness (QED) is 0.830. The highest BCUT2D eigenvalue weighted by molar-refractivity contribution is 9.09. The summed E-state index contributed by atoms with van der Waals surface area (Å²) in [5.74, 6) is -0.181. The lowest BCUT2D eigenvalue weighted by Gasteiger charge is -2.09. The maximum atomic E-state index is 11.1. The topological polar surface area (TPSA) is 29.1 Å². The van der Waals surface area contributed by atoms with E-state index in [2.05, 4.69) is 21.2 Å². The summed E-state index contributed by atoms with van der Waals surface area (Å²) in [7, 11) is 0. The van der Waals surface area contributed by atoms with E-state index >= 15 is 0 Å². The third kappa shape index (κ3) is 2.62. The van der Waals surface area contributed by atoms with Crippen molar-refractivity contribution in [2.45, 2.75) is 6.92 Å². The zero-order valence-corrected chi connectivity index (χ0v) is 10.5. The Morgan fingerprint density at radius 2 is 2.14 bits per heavy atom. The number of anilines is 1. The first-order chi connectivity index (χ1) is 6.56. The summed E-state index contributed by atoms with van der Waals surface area (Å²) >= 11 is 14.9. The van der Waals surface area contributed by atoms with Crippen molar-refractivity contribution < 1.29 is 4.79 Å². The zero-order valence-electron chi connectivity index (χ0n) is 7.40. The molecule has 0 saturated carbocycles. The molecule has 76 valence electrons. The van der Waals surface area contributed by atoms with Crippen LogP contribution in [0.15, 0.2) is 12.1 Å². The van der Waals surface area contributed by atoms with Gasteiger partial charge in [-0.05, 0) is 18.6 Å². The Balaban J connectivity index is 3.06. The molecule has 1 aromatic rings. The van der Waals surface area contributed by atoms with Crippen LogP contribution in [0.3, 0.4) is 0 Å². The second kappa shape index (κ2) is 5.01. The second-order valence-corrected chi connectivity index (χ2v) is 4.08. The van der Waals surface area contributed by atoms with Crippen molar-refractivity contribution in [3.8, 4) is 0 Å². The Morgan fingerprint density at radius 3 is 2.71 bits per heavy atom. The summed E-state index contributed by atoms with van der Waals surface area (Å²) in [6, 6.07) is 3.50. The van der Waals surface area contributed by atoms with Gasteiger partial charge < -0.3 is 5.32 Å². The van der Waals surface area contributed by atoms with E-state index in [9.17, 15) is 4.79 Å². The number of aryl methyl sites for hydroxylation is 1. The molecule has 0 aliphatic rings. The zero-order chi connectivity index (χ0) is 10.7. The van der Waals surface area contributed by atoms with E-state index in [4.69, 9.17) is 23.2 Å². The van der Waals surface area contributed by atoms with Gasteiger partial charge in [-0.15, -0.1) is 0 Å². The van der Waals surface area contributed by atoms with Gasteiger partial charge in [0.1, 0.15) is 0 Å². The second-order valence-electron chi connectivity index (χ2n) is 2.74. The van der Waals surface area contributed by atoms with Crippen LogP contribution >= 0.6 is 39.1 Å². The van der Waals surface area contributed by atoms with Gasteiger partial charge in [-0.3, -0.25) is 4.79 Å². The van der Waals surface area contributed by atoms with E-state index in [1.165, 1.54) is 0 Å². The third-order valence-corrected chi connectivity index (χ3v) is 2.98. The Hall–Kier alpha value is -0.250. The molecule has 1 N–H and O–H groups in total. The molecule has 1 rings (SSSR count). The average Bonchev–Trinajstić information content (AvgIpc) is 2.18. The molecule has 0 saturated heterocycles. The number of benzene rings is 1. The molecular weight excluding hydrogens is 289 g/mol. The summed E-state index contributed by atoms with van der Waals surface area (Å²) in [6.07, 6.45) is 0. The lowest BCUT2D eigenvalue weighted by atomic mass is 10.2. The third-order valence-electron chi connectivity index (χ3n) is 1.67. The van der Waals surface area contributed by atoms with Gasteiger partial charge in [0.05, 0.1) is 21.1 Å². The van der Waals surface area contributed by atoms with Crippen LogP contribution in [0.2, 0.25) is 10.0 Å². The van der Waals surface area contributed by atoms with Crippen LogP contribution in [0, 0.1) is 6.92 Å². The smallest absolute Gasteiger partial charge is 0.235 e. The number of halogens is 3. The van der Waals surface area contributed by atoms with Gasteiger partial charge in [-0.1, -0.05) is 45.2 Å². The number of nitrogens with one attached hydrogen (secondary N) is 1. The van der Waals surface area contributed by atoms with Crippen molar-refractivity contribution in [1.29, 1.82) is 0 Å². The number of rotatable bonds is 2. The highest BCUT2D eigenvalue weighted by Gasteiger charge is 2.10. The van der Waals surface area contributed by atoms with Crippen molar-refractivity contribution in [3.63, 3.8) is 0 Å². The summed E-state index contributed by atoms with van der Waals surface area (Å²) < 4.78 is 0. The van der Waals surface area contributed by atoms with Crippen molar-refractivity contribution in [2.24, 2.45) is 0 Å². The van der Waals surface area contributed by atoms with Crippen LogP contribution in [0.4, 0.5) is 5.69 Å². The van der Waals surface area contributed by atoms with E-state index in [-0.39, 0.29) is 11.2 Å². The molecule has 1 aromatic carbocycles. The van der Waals surface area contributed by atoms with E-state index in [1.807, 2.05) is 6.92 Å². The average molecular weight is 297 g/mol. The van der Waals surface area contributed by atoms with Crippen LogP contribution in [-0.2, 0) is 4.79 Å². The molecular formula is C9H8BrCl2NO. The van der Waals surface area contributed by atoms with Gasteiger partial charge in [0.2, 0.25) is 5.91 Å². The molecule has 0 aromatic heterocycles. The molecule has 0 unspecified atom stereocenters. The number of carbonyl (C=O) groups excluding carboxylic acids is 1. The number of hydrogen-bond donors (Lipinski definition) is 1. The van der Waals surface area contributed by atoms with Crippen LogP contribution < -0.4 is 5.32 Å². The van der Waals surface area contributed by atoms with Gasteiger partial charge in [-0.2, -0.15) is 0 Å². The molecule has 0 aliphatic heterocycles. The molecule has 5 heteroatoms. The van der Waals surface area contributed by atoms with Crippen molar-refractivity contribution in [3.05, 3.63) is 27.7 Å². The fourth-order valence-corrected chi connectivity index (χ4v) is 1.55. The predicted octanol–water partition coefficient (Wildman–Crippen LogP) is 3.64. The Bertz CT molecular complexity index is 368. The first-order valence-corrected chi connectivity index (χ1v) is 5.74. The normalized spacial score (nSPS) is 10.0. The van der Waals surface area contributed by atoms with Crippen molar-refractivity contribution in [1.82, 2.24) is 0 Å². The molecule has 0 aliphatic carbocycles. The van der Waals surface area contributed by atoms with E-state index in [1.54, 1.807) is 12.1 Å². The first kappa shape index (κ1) is 11.8. The van der Waals surface area contributed by atoms with E-state index in [0.29, 0.717) is 15.7 Å². The van der Waals surface area contributed by atoms with Crippen LogP contribution in [0.1, 0.15) is 5.56 Å². The number of amides is 1. The molecule has 0 bridgehead atoms. The van der Waals surface area contributed by atoms with E-state index in [0.717, 1.165) is 5.56 Å². The Kier molecular flexibility index (Phi) is 4.23. The lowest BCUT2D eigenvalue weighted by Crippen LogP contribution is -2.13. The molecule has 0 spiro atoms. The number of hydrogen-bond acceptors (Lipinski definition) is 1. The molecule has 0 atom stereocenters. The predicted molar refractivity (Wildman–Crippen MR) is 63.6 cm³/mol. The minimum atomic E-state index is -0.181. The standard InChI is InChI=1S/C9H8BrCl2NO/c1-5-2-3-6(11)9(8(5)12)13-7(14)4-10/h2-3H,4H2,1H3,(H,13,14). The first-order valence-electron chi connectivity index (χ1n) is 3.86. The molecule has 0 heterocycles. The van der Waals surface area contributed by atoms with Gasteiger partial charge in [0.25, 0.3) is 0 Å². The lowest BCUT2D eigenvalue weighted by molar-refractivity contribution is -0.113. The maximum absolute atomic E-state index is 11.1.